The summed E-state index contributed by atoms with van der Waals surface area (Å²) in [6, 6.07) is 11.9. The van der Waals surface area contributed by atoms with Gasteiger partial charge in [0.15, 0.2) is 5.82 Å². The normalized spacial score (nSPS) is 17.1. The van der Waals surface area contributed by atoms with Gasteiger partial charge in [-0.3, -0.25) is 4.79 Å². The fraction of sp³-hybridized carbons (Fsp3) is 0.0952. The highest BCUT2D eigenvalue weighted by Gasteiger charge is 2.18. The Morgan fingerprint density at radius 1 is 1.18 bits per heavy atom. The second kappa shape index (κ2) is 6.85. The molecule has 0 fully saturated rings. The standard InChI is InChI=1S/C21H15N3O2S2/c1-13-15(11-14-5-2-3-7-17(14)26-13)12-18-20(25)24-21(28-18)22-19(23-24)9-8-16-6-4-10-27-16/h2-13H,1H3/b9-8+,18-12+. The van der Waals surface area contributed by atoms with Crippen LogP contribution < -0.4 is 14.8 Å². The zero-order valence-electron chi connectivity index (χ0n) is 14.9. The Bertz CT molecular complexity index is 1330. The van der Waals surface area contributed by atoms with Crippen molar-refractivity contribution in [2.24, 2.45) is 0 Å². The quantitative estimate of drug-likeness (QED) is 0.521. The van der Waals surface area contributed by atoms with E-state index in [1.54, 1.807) is 11.3 Å². The second-order valence-corrected chi connectivity index (χ2v) is 8.36. The number of benzene rings is 1. The van der Waals surface area contributed by atoms with Crippen molar-refractivity contribution in [3.05, 3.63) is 78.5 Å². The van der Waals surface area contributed by atoms with Crippen LogP contribution in [0.2, 0.25) is 0 Å². The molecule has 1 aromatic carbocycles. The number of para-hydroxylation sites is 1. The van der Waals surface area contributed by atoms with E-state index in [1.165, 1.54) is 15.9 Å². The van der Waals surface area contributed by atoms with E-state index in [9.17, 15) is 4.79 Å². The number of fused-ring (bicyclic) bond motifs is 2. The second-order valence-electron chi connectivity index (χ2n) is 6.37. The largest absolute Gasteiger partial charge is 0.485 e. The van der Waals surface area contributed by atoms with Crippen LogP contribution in [0.25, 0.3) is 29.3 Å². The van der Waals surface area contributed by atoms with Gasteiger partial charge in [0, 0.05) is 10.4 Å². The minimum absolute atomic E-state index is 0.124. The van der Waals surface area contributed by atoms with Crippen LogP contribution in [0, 0.1) is 0 Å². The van der Waals surface area contributed by atoms with E-state index >= 15 is 0 Å². The summed E-state index contributed by atoms with van der Waals surface area (Å²) in [4.78, 5) is 18.9. The van der Waals surface area contributed by atoms with Crippen LogP contribution in [0.4, 0.5) is 0 Å². The zero-order chi connectivity index (χ0) is 19.1. The summed E-state index contributed by atoms with van der Waals surface area (Å²) in [5, 5.41) is 6.34. The molecule has 0 aliphatic carbocycles. The molecule has 0 N–H and O–H groups in total. The van der Waals surface area contributed by atoms with Gasteiger partial charge in [-0.2, -0.15) is 9.50 Å². The monoisotopic (exact) mass is 405 g/mol. The van der Waals surface area contributed by atoms with Crippen molar-refractivity contribution < 1.29 is 4.74 Å². The summed E-state index contributed by atoms with van der Waals surface area (Å²) in [6.07, 6.45) is 7.59. The number of hydrogen-bond acceptors (Lipinski definition) is 6. The third-order valence-corrected chi connectivity index (χ3v) is 6.25. The van der Waals surface area contributed by atoms with Gasteiger partial charge in [-0.1, -0.05) is 35.6 Å². The van der Waals surface area contributed by atoms with Gasteiger partial charge in [-0.15, -0.1) is 16.4 Å². The Labute approximate surface area is 168 Å². The number of thiophene rings is 1. The van der Waals surface area contributed by atoms with Crippen molar-refractivity contribution in [1.29, 1.82) is 0 Å². The third kappa shape index (κ3) is 3.08. The summed E-state index contributed by atoms with van der Waals surface area (Å²) in [5.41, 5.74) is 1.81. The first kappa shape index (κ1) is 17.1. The van der Waals surface area contributed by atoms with E-state index in [0.717, 1.165) is 21.8 Å². The van der Waals surface area contributed by atoms with Crippen LogP contribution in [0.3, 0.4) is 0 Å². The molecular weight excluding hydrogens is 390 g/mol. The molecule has 4 heterocycles. The molecule has 5 rings (SSSR count). The Balaban J connectivity index is 1.52. The summed E-state index contributed by atoms with van der Waals surface area (Å²) in [7, 11) is 0. The number of nitrogens with zero attached hydrogens (tertiary/aromatic N) is 3. The molecule has 1 aliphatic rings. The van der Waals surface area contributed by atoms with Crippen LogP contribution in [-0.4, -0.2) is 20.7 Å². The van der Waals surface area contributed by atoms with Crippen molar-refractivity contribution in [2.45, 2.75) is 13.0 Å². The number of aromatic nitrogens is 3. The number of ether oxygens (including phenoxy) is 1. The maximum absolute atomic E-state index is 12.8. The molecule has 1 atom stereocenters. The highest BCUT2D eigenvalue weighted by atomic mass is 32.1. The smallest absolute Gasteiger partial charge is 0.291 e. The molecule has 3 aromatic heterocycles. The number of rotatable bonds is 3. The Morgan fingerprint density at radius 2 is 2.07 bits per heavy atom. The number of thiazole rings is 1. The van der Waals surface area contributed by atoms with Gasteiger partial charge in [0.1, 0.15) is 11.9 Å². The Morgan fingerprint density at radius 3 is 2.89 bits per heavy atom. The van der Waals surface area contributed by atoms with Crippen LogP contribution >= 0.6 is 22.7 Å². The first-order chi connectivity index (χ1) is 13.7. The topological polar surface area (TPSA) is 56.5 Å². The highest BCUT2D eigenvalue weighted by Crippen LogP contribution is 2.29. The molecule has 0 saturated carbocycles. The molecule has 0 bridgehead atoms. The first-order valence-corrected chi connectivity index (χ1v) is 10.5. The molecule has 0 spiro atoms. The van der Waals surface area contributed by atoms with Crippen molar-refractivity contribution in [3.63, 3.8) is 0 Å². The molecule has 0 saturated heterocycles. The molecule has 138 valence electrons. The maximum Gasteiger partial charge on any atom is 0.291 e. The minimum Gasteiger partial charge on any atom is -0.485 e. The minimum atomic E-state index is -0.157. The Hall–Kier alpha value is -3.03. The summed E-state index contributed by atoms with van der Waals surface area (Å²) >= 11 is 2.98. The molecule has 28 heavy (non-hydrogen) atoms. The van der Waals surface area contributed by atoms with E-state index in [2.05, 4.69) is 16.2 Å². The maximum atomic E-state index is 12.8. The van der Waals surface area contributed by atoms with Crippen molar-refractivity contribution in [1.82, 2.24) is 14.6 Å². The lowest BCUT2D eigenvalue weighted by Gasteiger charge is -2.22. The van der Waals surface area contributed by atoms with Crippen LogP contribution in [-0.2, 0) is 0 Å². The van der Waals surface area contributed by atoms with Gasteiger partial charge in [-0.25, -0.2) is 0 Å². The summed E-state index contributed by atoms with van der Waals surface area (Å²) < 4.78 is 7.93. The average molecular weight is 406 g/mol. The summed E-state index contributed by atoms with van der Waals surface area (Å²) in [6.45, 7) is 1.98. The lowest BCUT2D eigenvalue weighted by Crippen LogP contribution is -2.26. The Kier molecular flexibility index (Phi) is 4.18. The van der Waals surface area contributed by atoms with Gasteiger partial charge in [-0.05, 0) is 54.3 Å². The molecule has 0 amide bonds. The SMILES string of the molecule is CC1Oc2ccccc2C=C1/C=c1/sc2nc(/C=C/c3cccs3)nn2c1=O. The first-order valence-electron chi connectivity index (χ1n) is 8.77. The van der Waals surface area contributed by atoms with Crippen LogP contribution in [0.15, 0.2) is 52.1 Å². The van der Waals surface area contributed by atoms with Crippen LogP contribution in [0.1, 0.15) is 23.2 Å². The van der Waals surface area contributed by atoms with Gasteiger partial charge in [0.2, 0.25) is 4.96 Å². The van der Waals surface area contributed by atoms with E-state index in [4.69, 9.17) is 4.74 Å². The van der Waals surface area contributed by atoms with E-state index in [0.29, 0.717) is 15.3 Å². The zero-order valence-corrected chi connectivity index (χ0v) is 16.5. The van der Waals surface area contributed by atoms with Crippen molar-refractivity contribution in [2.75, 3.05) is 0 Å². The van der Waals surface area contributed by atoms with Gasteiger partial charge in [0.25, 0.3) is 5.56 Å². The predicted octanol–water partition coefficient (Wildman–Crippen LogP) is 3.75. The van der Waals surface area contributed by atoms with E-state index < -0.39 is 0 Å². The fourth-order valence-electron chi connectivity index (χ4n) is 3.04. The van der Waals surface area contributed by atoms with Gasteiger partial charge < -0.3 is 4.74 Å². The van der Waals surface area contributed by atoms with E-state index in [-0.39, 0.29) is 11.7 Å². The van der Waals surface area contributed by atoms with E-state index in [1.807, 2.05) is 66.9 Å². The molecule has 1 aliphatic heterocycles. The van der Waals surface area contributed by atoms with Crippen molar-refractivity contribution >= 4 is 51.9 Å². The van der Waals surface area contributed by atoms with Gasteiger partial charge in [0.05, 0.1) is 4.53 Å². The molecule has 7 heteroatoms. The lowest BCUT2D eigenvalue weighted by molar-refractivity contribution is 0.259. The molecule has 1 unspecified atom stereocenters. The van der Waals surface area contributed by atoms with Crippen LogP contribution in [0.5, 0.6) is 5.75 Å². The lowest BCUT2D eigenvalue weighted by atomic mass is 10.0. The molecule has 4 aromatic rings. The predicted molar refractivity (Wildman–Crippen MR) is 115 cm³/mol. The third-order valence-electron chi connectivity index (χ3n) is 4.45. The average Bonchev–Trinajstić information content (AvgIpc) is 3.40. The molecule has 0 radical (unpaired) electrons. The highest BCUT2D eigenvalue weighted by molar-refractivity contribution is 7.15. The molecule has 5 nitrogen and oxygen atoms in total. The molecular formula is C21H15N3O2S2. The fourth-order valence-corrected chi connectivity index (χ4v) is 4.57. The number of hydrogen-bond donors (Lipinski definition) is 0. The summed E-state index contributed by atoms with van der Waals surface area (Å²) in [5.74, 6) is 1.39. The van der Waals surface area contributed by atoms with Gasteiger partial charge >= 0.3 is 0 Å². The van der Waals surface area contributed by atoms with Crippen molar-refractivity contribution in [3.8, 4) is 5.75 Å².